The van der Waals surface area contributed by atoms with Crippen molar-refractivity contribution in [3.05, 3.63) is 29.8 Å². The lowest BCUT2D eigenvalue weighted by molar-refractivity contribution is -0.157. The smallest absolute Gasteiger partial charge is 0.391 e. The van der Waals surface area contributed by atoms with Crippen LogP contribution in [0, 0.1) is 0 Å². The third-order valence-corrected chi connectivity index (χ3v) is 3.17. The van der Waals surface area contributed by atoms with Gasteiger partial charge in [-0.25, -0.2) is 4.79 Å². The van der Waals surface area contributed by atoms with Crippen LogP contribution >= 0.6 is 0 Å². The molecule has 24 heavy (non-hydrogen) atoms. The van der Waals surface area contributed by atoms with Crippen molar-refractivity contribution < 1.29 is 32.6 Å². The minimum Gasteiger partial charge on any atom is -0.494 e. The molecule has 0 aromatic heterocycles. The molecule has 0 aliphatic carbocycles. The molecule has 134 valence electrons. The SMILES string of the molecule is CCCCCOc1ccc(C(=O)NC(CC(F)(F)F)C(=O)O)cc1. The first-order valence-electron chi connectivity index (χ1n) is 7.56. The predicted molar refractivity (Wildman–Crippen MR) is 81.0 cm³/mol. The average molecular weight is 347 g/mol. The van der Waals surface area contributed by atoms with Crippen molar-refractivity contribution in [1.29, 1.82) is 0 Å². The number of ether oxygens (including phenoxy) is 1. The number of hydrogen-bond donors (Lipinski definition) is 2. The summed E-state index contributed by atoms with van der Waals surface area (Å²) in [4.78, 5) is 22.7. The second-order valence-corrected chi connectivity index (χ2v) is 5.26. The topological polar surface area (TPSA) is 75.6 Å². The molecule has 1 amide bonds. The minimum absolute atomic E-state index is 0.0596. The summed E-state index contributed by atoms with van der Waals surface area (Å²) >= 11 is 0. The van der Waals surface area contributed by atoms with Gasteiger partial charge in [-0.1, -0.05) is 19.8 Å². The van der Waals surface area contributed by atoms with Crippen molar-refractivity contribution in [1.82, 2.24) is 5.32 Å². The number of aliphatic carboxylic acids is 1. The van der Waals surface area contributed by atoms with E-state index in [9.17, 15) is 22.8 Å². The normalized spacial score (nSPS) is 12.5. The number of nitrogens with one attached hydrogen (secondary N) is 1. The van der Waals surface area contributed by atoms with E-state index in [0.29, 0.717) is 12.4 Å². The van der Waals surface area contributed by atoms with E-state index in [1.807, 2.05) is 5.32 Å². The van der Waals surface area contributed by atoms with Crippen LogP contribution in [0.4, 0.5) is 13.2 Å². The highest BCUT2D eigenvalue weighted by Crippen LogP contribution is 2.22. The largest absolute Gasteiger partial charge is 0.494 e. The van der Waals surface area contributed by atoms with Gasteiger partial charge in [-0.15, -0.1) is 0 Å². The Bertz CT molecular complexity index is 543. The maximum atomic E-state index is 12.3. The Kier molecular flexibility index (Phi) is 7.54. The van der Waals surface area contributed by atoms with Crippen LogP contribution in [0.2, 0.25) is 0 Å². The van der Waals surface area contributed by atoms with E-state index in [1.165, 1.54) is 24.3 Å². The van der Waals surface area contributed by atoms with Gasteiger partial charge >= 0.3 is 12.1 Å². The van der Waals surface area contributed by atoms with Crippen molar-refractivity contribution in [2.45, 2.75) is 44.8 Å². The summed E-state index contributed by atoms with van der Waals surface area (Å²) in [5.41, 5.74) is 0.0596. The molecule has 0 bridgehead atoms. The summed E-state index contributed by atoms with van der Waals surface area (Å²) in [5, 5.41) is 10.7. The average Bonchev–Trinajstić information content (AvgIpc) is 2.50. The standard InChI is InChI=1S/C16H20F3NO4/c1-2-3-4-9-24-12-7-5-11(6-8-12)14(21)20-13(15(22)23)10-16(17,18)19/h5-8,13H,2-4,9-10H2,1H3,(H,20,21)(H,22,23). The van der Waals surface area contributed by atoms with Crippen LogP contribution in [-0.2, 0) is 4.79 Å². The number of carboxylic acid groups (broad SMARTS) is 1. The Balaban J connectivity index is 2.61. The number of amides is 1. The molecule has 1 aromatic rings. The molecule has 8 heteroatoms. The maximum Gasteiger partial charge on any atom is 0.391 e. The van der Waals surface area contributed by atoms with Gasteiger partial charge in [-0.2, -0.15) is 13.2 Å². The monoisotopic (exact) mass is 347 g/mol. The van der Waals surface area contributed by atoms with Crippen molar-refractivity contribution in [2.75, 3.05) is 6.61 Å². The number of halogens is 3. The summed E-state index contributed by atoms with van der Waals surface area (Å²) in [5.74, 6) is -2.09. The molecule has 2 N–H and O–H groups in total. The van der Waals surface area contributed by atoms with Crippen LogP contribution in [0.5, 0.6) is 5.75 Å². The fourth-order valence-corrected chi connectivity index (χ4v) is 1.92. The fraction of sp³-hybridized carbons (Fsp3) is 0.500. The zero-order chi connectivity index (χ0) is 18.2. The van der Waals surface area contributed by atoms with E-state index in [0.717, 1.165) is 19.3 Å². The van der Waals surface area contributed by atoms with Gasteiger partial charge in [-0.3, -0.25) is 4.79 Å². The molecule has 0 radical (unpaired) electrons. The lowest BCUT2D eigenvalue weighted by Crippen LogP contribution is -2.43. The van der Waals surface area contributed by atoms with Gasteiger partial charge in [0.1, 0.15) is 11.8 Å². The van der Waals surface area contributed by atoms with E-state index >= 15 is 0 Å². The van der Waals surface area contributed by atoms with Gasteiger partial charge in [0, 0.05) is 5.56 Å². The van der Waals surface area contributed by atoms with Crippen LogP contribution in [0.15, 0.2) is 24.3 Å². The lowest BCUT2D eigenvalue weighted by Gasteiger charge is -2.16. The maximum absolute atomic E-state index is 12.3. The molecule has 1 aromatic carbocycles. The third-order valence-electron chi connectivity index (χ3n) is 3.17. The summed E-state index contributed by atoms with van der Waals surface area (Å²) in [6.07, 6.45) is -3.32. The number of rotatable bonds is 9. The molecule has 0 spiro atoms. The zero-order valence-corrected chi connectivity index (χ0v) is 13.2. The highest BCUT2D eigenvalue weighted by Gasteiger charge is 2.36. The Labute approximate surface area is 137 Å². The molecule has 0 aliphatic heterocycles. The molecular weight excluding hydrogens is 327 g/mol. The van der Waals surface area contributed by atoms with Gasteiger partial charge in [0.15, 0.2) is 0 Å². The summed E-state index contributed by atoms with van der Waals surface area (Å²) in [6.45, 7) is 2.60. The van der Waals surface area contributed by atoms with Crippen LogP contribution in [-0.4, -0.2) is 35.8 Å². The molecule has 1 atom stereocenters. The summed E-state index contributed by atoms with van der Waals surface area (Å²) < 4.78 is 42.4. The minimum atomic E-state index is -4.69. The van der Waals surface area contributed by atoms with Crippen LogP contribution in [0.3, 0.4) is 0 Å². The third kappa shape index (κ3) is 7.34. The number of alkyl halides is 3. The molecule has 1 rings (SSSR count). The van der Waals surface area contributed by atoms with Gasteiger partial charge in [0.05, 0.1) is 13.0 Å². The van der Waals surface area contributed by atoms with Gasteiger partial charge in [0.2, 0.25) is 0 Å². The molecule has 0 saturated heterocycles. The van der Waals surface area contributed by atoms with Crippen molar-refractivity contribution in [2.24, 2.45) is 0 Å². The first-order chi connectivity index (χ1) is 11.2. The summed E-state index contributed by atoms with van der Waals surface area (Å²) in [6, 6.07) is 3.75. The number of unbranched alkanes of at least 4 members (excludes halogenated alkanes) is 2. The van der Waals surface area contributed by atoms with Crippen molar-refractivity contribution in [3.8, 4) is 5.75 Å². The summed E-state index contributed by atoms with van der Waals surface area (Å²) in [7, 11) is 0. The molecule has 0 fully saturated rings. The fourth-order valence-electron chi connectivity index (χ4n) is 1.92. The van der Waals surface area contributed by atoms with E-state index in [-0.39, 0.29) is 5.56 Å². The number of carboxylic acids is 1. The van der Waals surface area contributed by atoms with E-state index in [2.05, 4.69) is 6.92 Å². The van der Waals surface area contributed by atoms with Gasteiger partial charge < -0.3 is 15.2 Å². The molecular formula is C16H20F3NO4. The van der Waals surface area contributed by atoms with E-state index in [4.69, 9.17) is 9.84 Å². The van der Waals surface area contributed by atoms with E-state index < -0.39 is 30.5 Å². The molecule has 5 nitrogen and oxygen atoms in total. The predicted octanol–water partition coefficient (Wildman–Crippen LogP) is 3.39. The zero-order valence-electron chi connectivity index (χ0n) is 13.2. The van der Waals surface area contributed by atoms with E-state index in [1.54, 1.807) is 0 Å². The Morgan fingerprint density at radius 1 is 1.21 bits per heavy atom. The first-order valence-corrected chi connectivity index (χ1v) is 7.56. The number of hydrogen-bond acceptors (Lipinski definition) is 3. The molecule has 0 aliphatic rings. The first kappa shape index (κ1) is 19.8. The second-order valence-electron chi connectivity index (χ2n) is 5.26. The lowest BCUT2D eigenvalue weighted by atomic mass is 10.1. The highest BCUT2D eigenvalue weighted by molar-refractivity contribution is 5.96. The molecule has 0 saturated carbocycles. The molecule has 1 unspecified atom stereocenters. The number of benzene rings is 1. The van der Waals surface area contributed by atoms with Crippen LogP contribution < -0.4 is 10.1 Å². The van der Waals surface area contributed by atoms with Crippen molar-refractivity contribution in [3.63, 3.8) is 0 Å². The van der Waals surface area contributed by atoms with Crippen LogP contribution in [0.1, 0.15) is 43.0 Å². The quantitative estimate of drug-likeness (QED) is 0.672. The van der Waals surface area contributed by atoms with Crippen LogP contribution in [0.25, 0.3) is 0 Å². The Hall–Kier alpha value is -2.25. The second kappa shape index (κ2) is 9.14. The van der Waals surface area contributed by atoms with Gasteiger partial charge in [0.25, 0.3) is 5.91 Å². The highest BCUT2D eigenvalue weighted by atomic mass is 19.4. The molecule has 0 heterocycles. The number of carbonyl (C=O) groups is 2. The number of carbonyl (C=O) groups excluding carboxylic acids is 1. The Morgan fingerprint density at radius 3 is 2.33 bits per heavy atom. The van der Waals surface area contributed by atoms with Gasteiger partial charge in [-0.05, 0) is 30.7 Å². The Morgan fingerprint density at radius 2 is 1.83 bits per heavy atom. The van der Waals surface area contributed by atoms with Crippen molar-refractivity contribution >= 4 is 11.9 Å².